The monoisotopic (exact) mass is 195 g/mol. The van der Waals surface area contributed by atoms with E-state index in [9.17, 15) is 0 Å². The van der Waals surface area contributed by atoms with Gasteiger partial charge in [0.1, 0.15) is 0 Å². The molecule has 0 radical (unpaired) electrons. The smallest absolute Gasteiger partial charge is 0.00985 e. The van der Waals surface area contributed by atoms with Crippen LogP contribution in [0.25, 0.3) is 0 Å². The van der Waals surface area contributed by atoms with E-state index < -0.39 is 0 Å². The Labute approximate surface area is 89.0 Å². The molecule has 1 fully saturated rings. The topological polar surface area (TPSA) is 12.0 Å². The van der Waals surface area contributed by atoms with E-state index >= 15 is 0 Å². The van der Waals surface area contributed by atoms with Gasteiger partial charge in [-0.2, -0.15) is 0 Å². The molecule has 1 unspecified atom stereocenters. The summed E-state index contributed by atoms with van der Waals surface area (Å²) in [6.45, 7) is 3.80. The average Bonchev–Trinajstić information content (AvgIpc) is 2.25. The minimum Gasteiger partial charge on any atom is -0.317 e. The Morgan fingerprint density at radius 1 is 1.36 bits per heavy atom. The Balaban J connectivity index is 2.13. The third kappa shape index (κ3) is 4.28. The number of hydrogen-bond acceptors (Lipinski definition) is 1. The van der Waals surface area contributed by atoms with Crippen molar-refractivity contribution in [2.75, 3.05) is 7.05 Å². The molecule has 82 valence electrons. The lowest BCUT2D eigenvalue weighted by Gasteiger charge is -2.23. The van der Waals surface area contributed by atoms with E-state index in [2.05, 4.69) is 18.9 Å². The third-order valence-corrected chi connectivity index (χ3v) is 3.51. The van der Waals surface area contributed by atoms with Crippen molar-refractivity contribution in [3.63, 3.8) is 0 Å². The molecule has 1 saturated carbocycles. The van der Waals surface area contributed by atoms with Crippen LogP contribution >= 0.6 is 0 Å². The van der Waals surface area contributed by atoms with Crippen LogP contribution in [-0.4, -0.2) is 13.1 Å². The first kappa shape index (κ1) is 11.8. The van der Waals surface area contributed by atoms with Crippen LogP contribution in [0, 0.1) is 5.92 Å². The summed E-state index contributed by atoms with van der Waals surface area (Å²) in [5.41, 5.74) is 0. The zero-order chi connectivity index (χ0) is 10.2. The maximum Gasteiger partial charge on any atom is 0.00985 e. The van der Waals surface area contributed by atoms with Crippen LogP contribution in [0.15, 0.2) is 12.7 Å². The Kier molecular flexibility index (Phi) is 5.93. The second-order valence-electron chi connectivity index (χ2n) is 4.59. The minimum absolute atomic E-state index is 0.662. The highest BCUT2D eigenvalue weighted by atomic mass is 14.9. The van der Waals surface area contributed by atoms with Crippen LogP contribution in [-0.2, 0) is 0 Å². The molecule has 0 aliphatic heterocycles. The quantitative estimate of drug-likeness (QED) is 0.640. The van der Waals surface area contributed by atoms with Crippen LogP contribution in [0.5, 0.6) is 0 Å². The largest absolute Gasteiger partial charge is 0.317 e. The minimum atomic E-state index is 0.662. The van der Waals surface area contributed by atoms with Crippen molar-refractivity contribution in [1.29, 1.82) is 0 Å². The van der Waals surface area contributed by atoms with Gasteiger partial charge in [-0.25, -0.2) is 0 Å². The summed E-state index contributed by atoms with van der Waals surface area (Å²) < 4.78 is 0. The van der Waals surface area contributed by atoms with E-state index in [0.717, 1.165) is 12.3 Å². The zero-order valence-corrected chi connectivity index (χ0v) is 9.60. The van der Waals surface area contributed by atoms with E-state index in [1.165, 1.54) is 44.9 Å². The van der Waals surface area contributed by atoms with Crippen molar-refractivity contribution < 1.29 is 0 Å². The normalized spacial score (nSPS) is 20.6. The molecular weight excluding hydrogens is 170 g/mol. The fraction of sp³-hybridized carbons (Fsp3) is 0.846. The highest BCUT2D eigenvalue weighted by Gasteiger charge is 2.14. The molecule has 1 rings (SSSR count). The van der Waals surface area contributed by atoms with Crippen molar-refractivity contribution >= 4 is 0 Å². The van der Waals surface area contributed by atoms with Gasteiger partial charge in [0.2, 0.25) is 0 Å². The molecule has 0 aromatic rings. The molecule has 0 amide bonds. The lowest BCUT2D eigenvalue weighted by molar-refractivity contribution is 0.316. The summed E-state index contributed by atoms with van der Waals surface area (Å²) in [5.74, 6) is 1.02. The molecule has 1 nitrogen and oxygen atoms in total. The maximum atomic E-state index is 3.80. The van der Waals surface area contributed by atoms with Crippen LogP contribution in [0.1, 0.15) is 51.4 Å². The lowest BCUT2D eigenvalue weighted by atomic mass is 9.85. The summed E-state index contributed by atoms with van der Waals surface area (Å²) in [7, 11) is 2.06. The Bertz CT molecular complexity index is 147. The van der Waals surface area contributed by atoms with Crippen LogP contribution in [0.4, 0.5) is 0 Å². The van der Waals surface area contributed by atoms with Crippen molar-refractivity contribution in [3.05, 3.63) is 12.7 Å². The van der Waals surface area contributed by atoms with Gasteiger partial charge < -0.3 is 5.32 Å². The fourth-order valence-electron chi connectivity index (χ4n) is 2.49. The zero-order valence-electron chi connectivity index (χ0n) is 9.60. The molecule has 0 aromatic heterocycles. The summed E-state index contributed by atoms with van der Waals surface area (Å²) in [6.07, 6.45) is 13.2. The molecular formula is C13H25N. The van der Waals surface area contributed by atoms with Crippen LogP contribution in [0.2, 0.25) is 0 Å². The second kappa shape index (κ2) is 7.05. The summed E-state index contributed by atoms with van der Waals surface area (Å²) in [5, 5.41) is 3.37. The molecule has 1 N–H and O–H groups in total. The van der Waals surface area contributed by atoms with E-state index in [1.54, 1.807) is 0 Å². The molecule has 1 atom stereocenters. The van der Waals surface area contributed by atoms with E-state index in [4.69, 9.17) is 0 Å². The number of nitrogens with one attached hydrogen (secondary N) is 1. The molecule has 0 aromatic carbocycles. The lowest BCUT2D eigenvalue weighted by Crippen LogP contribution is -2.25. The van der Waals surface area contributed by atoms with Crippen molar-refractivity contribution in [2.24, 2.45) is 5.92 Å². The van der Waals surface area contributed by atoms with Crippen LogP contribution in [0.3, 0.4) is 0 Å². The number of rotatable bonds is 6. The van der Waals surface area contributed by atoms with Crippen LogP contribution < -0.4 is 5.32 Å². The third-order valence-electron chi connectivity index (χ3n) is 3.51. The van der Waals surface area contributed by atoms with Gasteiger partial charge in [0.25, 0.3) is 0 Å². The second-order valence-corrected chi connectivity index (χ2v) is 4.59. The van der Waals surface area contributed by atoms with Gasteiger partial charge in [0.15, 0.2) is 0 Å². The molecule has 0 heterocycles. The van der Waals surface area contributed by atoms with Gasteiger partial charge in [-0.05, 0) is 32.2 Å². The molecule has 1 aliphatic carbocycles. The first-order chi connectivity index (χ1) is 6.86. The summed E-state index contributed by atoms with van der Waals surface area (Å²) >= 11 is 0. The summed E-state index contributed by atoms with van der Waals surface area (Å²) in [6, 6.07) is 0.662. The summed E-state index contributed by atoms with van der Waals surface area (Å²) in [4.78, 5) is 0. The van der Waals surface area contributed by atoms with E-state index in [0.29, 0.717) is 6.04 Å². The highest BCUT2D eigenvalue weighted by Crippen LogP contribution is 2.27. The van der Waals surface area contributed by atoms with Crippen molar-refractivity contribution in [1.82, 2.24) is 5.32 Å². The van der Waals surface area contributed by atoms with E-state index in [-0.39, 0.29) is 0 Å². The standard InChI is InChI=1S/C13H25N/c1-3-7-13(14-2)11-10-12-8-5-4-6-9-12/h3,12-14H,1,4-11H2,2H3. The van der Waals surface area contributed by atoms with Gasteiger partial charge >= 0.3 is 0 Å². The highest BCUT2D eigenvalue weighted by molar-refractivity contribution is 4.78. The molecule has 0 spiro atoms. The maximum absolute atomic E-state index is 3.80. The first-order valence-electron chi connectivity index (χ1n) is 6.15. The van der Waals surface area contributed by atoms with Crippen molar-refractivity contribution in [2.45, 2.75) is 57.4 Å². The molecule has 0 bridgehead atoms. The van der Waals surface area contributed by atoms with Gasteiger partial charge in [0.05, 0.1) is 0 Å². The number of hydrogen-bond donors (Lipinski definition) is 1. The van der Waals surface area contributed by atoms with Crippen molar-refractivity contribution in [3.8, 4) is 0 Å². The molecule has 1 heteroatoms. The predicted octanol–water partition coefficient (Wildman–Crippen LogP) is 3.51. The van der Waals surface area contributed by atoms with E-state index in [1.807, 2.05) is 6.08 Å². The fourth-order valence-corrected chi connectivity index (χ4v) is 2.49. The SMILES string of the molecule is C=CCC(CCC1CCCCC1)NC. The van der Waals surface area contributed by atoms with Gasteiger partial charge in [-0.3, -0.25) is 0 Å². The van der Waals surface area contributed by atoms with Gasteiger partial charge in [-0.1, -0.05) is 38.2 Å². The predicted molar refractivity (Wildman–Crippen MR) is 63.5 cm³/mol. The Morgan fingerprint density at radius 2 is 2.07 bits per heavy atom. The molecule has 1 aliphatic rings. The Morgan fingerprint density at radius 3 is 2.64 bits per heavy atom. The molecule has 14 heavy (non-hydrogen) atoms. The van der Waals surface area contributed by atoms with Gasteiger partial charge in [0, 0.05) is 6.04 Å². The Hall–Kier alpha value is -0.300. The first-order valence-corrected chi connectivity index (χ1v) is 6.15. The molecule has 0 saturated heterocycles. The van der Waals surface area contributed by atoms with Gasteiger partial charge in [-0.15, -0.1) is 6.58 Å². The average molecular weight is 195 g/mol.